The highest BCUT2D eigenvalue weighted by Gasteiger charge is 2.48. The van der Waals surface area contributed by atoms with Crippen molar-refractivity contribution < 1.29 is 8.78 Å². The second-order valence-corrected chi connectivity index (χ2v) is 10.4. The van der Waals surface area contributed by atoms with E-state index in [9.17, 15) is 8.78 Å². The molecular weight excluding hydrogens is 490 g/mol. The highest BCUT2D eigenvalue weighted by atomic mass is 32.2. The number of hydrazone groups is 1. The van der Waals surface area contributed by atoms with Crippen molar-refractivity contribution in [3.63, 3.8) is 0 Å². The van der Waals surface area contributed by atoms with E-state index in [0.29, 0.717) is 29.1 Å². The number of benzene rings is 2. The normalized spacial score (nSPS) is 19.8. The first-order chi connectivity index (χ1) is 17.0. The molecule has 35 heavy (non-hydrogen) atoms. The molecule has 0 saturated heterocycles. The maximum absolute atomic E-state index is 14.8. The second-order valence-electron chi connectivity index (χ2n) is 8.01. The van der Waals surface area contributed by atoms with Gasteiger partial charge >= 0.3 is 0 Å². The van der Waals surface area contributed by atoms with Crippen LogP contribution in [0.3, 0.4) is 0 Å². The van der Waals surface area contributed by atoms with E-state index in [1.807, 2.05) is 37.3 Å². The predicted octanol–water partition coefficient (Wildman–Crippen LogP) is 3.73. The Labute approximate surface area is 209 Å². The Balaban J connectivity index is 1.50. The van der Waals surface area contributed by atoms with E-state index in [0.717, 1.165) is 42.2 Å². The molecule has 3 aromatic rings. The van der Waals surface area contributed by atoms with Gasteiger partial charge in [0, 0.05) is 31.6 Å². The van der Waals surface area contributed by atoms with Crippen molar-refractivity contribution in [2.45, 2.75) is 24.6 Å². The van der Waals surface area contributed by atoms with Crippen molar-refractivity contribution in [2.75, 3.05) is 24.6 Å². The molecule has 1 unspecified atom stereocenters. The van der Waals surface area contributed by atoms with Gasteiger partial charge in [-0.2, -0.15) is 5.10 Å². The number of thioether (sulfide) groups is 1. The Morgan fingerprint density at radius 1 is 1.14 bits per heavy atom. The van der Waals surface area contributed by atoms with Crippen LogP contribution in [-0.4, -0.2) is 40.8 Å². The number of guanidine groups is 1. The quantitative estimate of drug-likeness (QED) is 0.327. The van der Waals surface area contributed by atoms with Gasteiger partial charge in [-0.15, -0.1) is 10.2 Å². The molecule has 8 nitrogen and oxygen atoms in total. The first kappa shape index (κ1) is 23.6. The third kappa shape index (κ3) is 5.00. The summed E-state index contributed by atoms with van der Waals surface area (Å²) in [5, 5.41) is 20.0. The van der Waals surface area contributed by atoms with E-state index >= 15 is 0 Å². The molecule has 2 aliphatic heterocycles. The Morgan fingerprint density at radius 3 is 2.74 bits per heavy atom. The van der Waals surface area contributed by atoms with Crippen LogP contribution in [0.25, 0.3) is 0 Å². The maximum atomic E-state index is 14.8. The van der Waals surface area contributed by atoms with E-state index in [4.69, 9.17) is 5.10 Å². The van der Waals surface area contributed by atoms with Crippen LogP contribution in [0.2, 0.25) is 0 Å². The van der Waals surface area contributed by atoms with Crippen molar-refractivity contribution in [1.82, 2.24) is 26.4 Å². The van der Waals surface area contributed by atoms with Gasteiger partial charge in [-0.25, -0.2) is 19.2 Å². The average molecular weight is 515 g/mol. The van der Waals surface area contributed by atoms with Gasteiger partial charge in [-0.05, 0) is 37.1 Å². The van der Waals surface area contributed by atoms with E-state index < -0.39 is 16.5 Å². The minimum absolute atomic E-state index is 0.117. The number of hydrogen-bond acceptors (Lipinski definition) is 10. The highest BCUT2D eigenvalue weighted by Crippen LogP contribution is 2.52. The minimum Gasteiger partial charge on any atom is -0.355 e. The van der Waals surface area contributed by atoms with Crippen molar-refractivity contribution >= 4 is 39.2 Å². The number of aromatic nitrogens is 2. The summed E-state index contributed by atoms with van der Waals surface area (Å²) in [4.78, 5) is 3.64. The summed E-state index contributed by atoms with van der Waals surface area (Å²) in [6.45, 7) is 4.05. The van der Waals surface area contributed by atoms with Gasteiger partial charge in [-0.1, -0.05) is 53.4 Å². The van der Waals surface area contributed by atoms with E-state index in [2.05, 4.69) is 31.4 Å². The molecule has 3 N–H and O–H groups in total. The minimum atomic E-state index is -0.766. The van der Waals surface area contributed by atoms with Crippen LogP contribution in [0.15, 0.2) is 58.6 Å². The summed E-state index contributed by atoms with van der Waals surface area (Å²) in [5.74, 6) is -0.345. The molecule has 12 heteroatoms. The third-order valence-electron chi connectivity index (χ3n) is 5.57. The molecule has 0 radical (unpaired) electrons. The van der Waals surface area contributed by atoms with Gasteiger partial charge < -0.3 is 5.32 Å². The number of aliphatic imine (C=N–C) groups is 1. The number of rotatable bonds is 7. The third-order valence-corrected chi connectivity index (χ3v) is 7.83. The first-order valence-corrected chi connectivity index (χ1v) is 12.8. The van der Waals surface area contributed by atoms with Gasteiger partial charge in [0.1, 0.15) is 26.6 Å². The van der Waals surface area contributed by atoms with Gasteiger partial charge in [0.05, 0.1) is 0 Å². The van der Waals surface area contributed by atoms with Crippen molar-refractivity contribution in [3.8, 4) is 0 Å². The Hall–Kier alpha value is -3.09. The molecule has 3 heterocycles. The lowest BCUT2D eigenvalue weighted by Crippen LogP contribution is -2.49. The van der Waals surface area contributed by atoms with Crippen LogP contribution in [0.1, 0.15) is 29.0 Å². The van der Waals surface area contributed by atoms with Gasteiger partial charge in [0.15, 0.2) is 0 Å². The van der Waals surface area contributed by atoms with Gasteiger partial charge in [0.25, 0.3) is 0 Å². The zero-order valence-electron chi connectivity index (χ0n) is 19.0. The molecule has 0 amide bonds. The van der Waals surface area contributed by atoms with Crippen LogP contribution in [-0.2, 0) is 4.87 Å². The smallest absolute Gasteiger partial charge is 0.230 e. The topological polar surface area (TPSA) is 89.8 Å². The maximum Gasteiger partial charge on any atom is 0.230 e. The summed E-state index contributed by atoms with van der Waals surface area (Å²) in [7, 11) is 0. The monoisotopic (exact) mass is 514 g/mol. The van der Waals surface area contributed by atoms with Crippen LogP contribution in [0.4, 0.5) is 13.9 Å². The number of nitrogens with zero attached hydrogens (tertiary/aromatic N) is 5. The highest BCUT2D eigenvalue weighted by molar-refractivity contribution is 8.15. The van der Waals surface area contributed by atoms with Crippen molar-refractivity contribution in [1.29, 1.82) is 0 Å². The number of halogens is 2. The first-order valence-electron chi connectivity index (χ1n) is 11.2. The lowest BCUT2D eigenvalue weighted by Gasteiger charge is -2.35. The molecule has 0 bridgehead atoms. The number of anilines is 1. The molecule has 5 rings (SSSR count). The molecule has 1 aromatic heterocycles. The molecule has 0 saturated carbocycles. The summed E-state index contributed by atoms with van der Waals surface area (Å²) < 4.78 is 28.8. The van der Waals surface area contributed by atoms with Crippen molar-refractivity contribution in [2.24, 2.45) is 10.1 Å². The molecule has 0 aliphatic carbocycles. The van der Waals surface area contributed by atoms with E-state index in [1.165, 1.54) is 29.2 Å². The fraction of sp³-hybridized carbons (Fsp3) is 0.304. The van der Waals surface area contributed by atoms with Gasteiger partial charge in [0.2, 0.25) is 11.1 Å². The Morgan fingerprint density at radius 2 is 2.00 bits per heavy atom. The predicted molar refractivity (Wildman–Crippen MR) is 136 cm³/mol. The number of hydrogen-bond donors (Lipinski definition) is 3. The molecule has 2 aromatic carbocycles. The SMILES string of the molecule is Cc1nnc(N2N=C(c3cc(F)ccc3F)SC2(CCNNC2=NCCCN2)c2ccccc2)s1. The summed E-state index contributed by atoms with van der Waals surface area (Å²) in [6, 6.07) is 13.3. The molecule has 0 spiro atoms. The number of nitrogens with one attached hydrogen (secondary N) is 3. The Kier molecular flexibility index (Phi) is 6.93. The van der Waals surface area contributed by atoms with E-state index in [-0.39, 0.29) is 5.56 Å². The van der Waals surface area contributed by atoms with E-state index in [1.54, 1.807) is 5.01 Å². The van der Waals surface area contributed by atoms with Gasteiger partial charge in [-0.3, -0.25) is 10.4 Å². The van der Waals surface area contributed by atoms with Crippen LogP contribution >= 0.6 is 23.1 Å². The Bertz CT molecular complexity index is 1250. The van der Waals surface area contributed by atoms with Crippen molar-refractivity contribution in [3.05, 3.63) is 76.3 Å². The summed E-state index contributed by atoms with van der Waals surface area (Å²) in [6.07, 6.45) is 1.57. The second kappa shape index (κ2) is 10.3. The molecule has 182 valence electrons. The summed E-state index contributed by atoms with van der Waals surface area (Å²) in [5.41, 5.74) is 7.43. The molecular formula is C23H24F2N8S2. The average Bonchev–Trinajstić information content (AvgIpc) is 3.49. The standard InChI is InChI=1S/C23H24F2N8S2/c1-15-29-31-22(34-15)33-23(16-6-3-2-4-7-16,10-13-28-30-21-26-11-5-12-27-21)35-20(32-33)18-14-17(24)8-9-19(18)25/h2-4,6-9,14,28H,5,10-13H2,1H3,(H2,26,27,30). The fourth-order valence-electron chi connectivity index (χ4n) is 3.91. The van der Waals surface area contributed by atoms with Crippen LogP contribution in [0.5, 0.6) is 0 Å². The number of aryl methyl sites for hydroxylation is 1. The molecule has 2 aliphatic rings. The van der Waals surface area contributed by atoms with Crippen LogP contribution in [0, 0.1) is 18.6 Å². The molecule has 0 fully saturated rings. The lowest BCUT2D eigenvalue weighted by molar-refractivity contribution is 0.495. The zero-order valence-corrected chi connectivity index (χ0v) is 20.6. The van der Waals surface area contributed by atoms with Crippen LogP contribution < -0.4 is 21.2 Å². The number of hydrazine groups is 1. The fourth-order valence-corrected chi connectivity index (χ4v) is 6.06. The zero-order chi connectivity index (χ0) is 24.3. The summed E-state index contributed by atoms with van der Waals surface area (Å²) >= 11 is 2.78. The lowest BCUT2D eigenvalue weighted by atomic mass is 10.0. The molecule has 1 atom stereocenters. The largest absolute Gasteiger partial charge is 0.355 e.